The summed E-state index contributed by atoms with van der Waals surface area (Å²) < 4.78 is 15.9. The Bertz CT molecular complexity index is 1890. The zero-order valence-electron chi connectivity index (χ0n) is 29.7. The maximum atomic E-state index is 12.8. The van der Waals surface area contributed by atoms with E-state index in [-0.39, 0.29) is 31.1 Å². The summed E-state index contributed by atoms with van der Waals surface area (Å²) in [6, 6.07) is 0. The van der Waals surface area contributed by atoms with Gasteiger partial charge in [0, 0.05) is 59.9 Å². The van der Waals surface area contributed by atoms with Crippen molar-refractivity contribution in [3.63, 3.8) is 0 Å². The number of aromatic amines is 2. The van der Waals surface area contributed by atoms with Gasteiger partial charge in [0.2, 0.25) is 5.90 Å². The fourth-order valence-corrected chi connectivity index (χ4v) is 6.58. The van der Waals surface area contributed by atoms with E-state index in [9.17, 15) is 14.4 Å². The zero-order valence-corrected chi connectivity index (χ0v) is 29.7. The Hall–Kier alpha value is -4.73. The van der Waals surface area contributed by atoms with Crippen molar-refractivity contribution in [2.24, 2.45) is 9.98 Å². The van der Waals surface area contributed by atoms with E-state index in [1.54, 1.807) is 7.11 Å². The first-order valence-corrected chi connectivity index (χ1v) is 16.8. The molecule has 0 spiro atoms. The lowest BCUT2D eigenvalue weighted by molar-refractivity contribution is -0.141. The first-order valence-electron chi connectivity index (χ1n) is 16.8. The lowest BCUT2D eigenvalue weighted by Gasteiger charge is -2.08. The minimum Gasteiger partial charge on any atom is -0.481 e. The van der Waals surface area contributed by atoms with Crippen molar-refractivity contribution >= 4 is 47.7 Å². The van der Waals surface area contributed by atoms with Gasteiger partial charge in [0.1, 0.15) is 0 Å². The molecule has 0 aromatic carbocycles. The van der Waals surface area contributed by atoms with Gasteiger partial charge in [0.25, 0.3) is 5.91 Å². The summed E-state index contributed by atoms with van der Waals surface area (Å²) in [5.74, 6) is -0.387. The van der Waals surface area contributed by atoms with Crippen molar-refractivity contribution in [2.75, 3.05) is 20.3 Å². The molecule has 0 bridgehead atoms. The Morgan fingerprint density at radius 3 is 1.88 bits per heavy atom. The predicted octanol–water partition coefficient (Wildman–Crippen LogP) is 5.39. The Labute approximate surface area is 282 Å². The Kier molecular flexibility index (Phi) is 12.0. The highest BCUT2D eigenvalue weighted by molar-refractivity contribution is 6.31. The number of nitrogens with zero attached hydrogens (tertiary/aromatic N) is 2. The molecule has 4 rings (SSSR count). The number of ether oxygens (including phenoxy) is 3. The average molecular weight is 657 g/mol. The molecule has 10 heteroatoms. The second-order valence-electron chi connectivity index (χ2n) is 11.9. The Balaban J connectivity index is 1.75. The highest BCUT2D eigenvalue weighted by Gasteiger charge is 2.26. The molecule has 2 aliphatic heterocycles. The van der Waals surface area contributed by atoms with Gasteiger partial charge in [-0.25, -0.2) is 9.98 Å². The summed E-state index contributed by atoms with van der Waals surface area (Å²) >= 11 is 0. The quantitative estimate of drug-likeness (QED) is 0.278. The monoisotopic (exact) mass is 656 g/mol. The number of allylic oxidation sites excluding steroid dienone is 2. The molecule has 0 radical (unpaired) electrons. The van der Waals surface area contributed by atoms with Gasteiger partial charge in [-0.3, -0.25) is 14.4 Å². The van der Waals surface area contributed by atoms with E-state index in [4.69, 9.17) is 19.2 Å². The molecule has 2 aliphatic rings. The molecule has 48 heavy (non-hydrogen) atoms. The first kappa shape index (κ1) is 36.1. The third-order valence-electron chi connectivity index (χ3n) is 8.98. The summed E-state index contributed by atoms with van der Waals surface area (Å²) in [4.78, 5) is 51.8. The van der Waals surface area contributed by atoms with Gasteiger partial charge >= 0.3 is 11.9 Å². The van der Waals surface area contributed by atoms with Gasteiger partial charge in [0.15, 0.2) is 0 Å². The molecule has 0 saturated heterocycles. The molecule has 2 aromatic rings. The minimum absolute atomic E-state index is 0.157. The fraction of sp³-hybridized carbons (Fsp3) is 0.447. The second-order valence-corrected chi connectivity index (χ2v) is 11.9. The van der Waals surface area contributed by atoms with Crippen LogP contribution in [0, 0.1) is 13.8 Å². The van der Waals surface area contributed by atoms with Crippen molar-refractivity contribution in [2.45, 2.75) is 93.9 Å². The molecule has 10 nitrogen and oxygen atoms in total. The molecule has 4 heterocycles. The van der Waals surface area contributed by atoms with E-state index in [0.717, 1.165) is 74.9 Å². The molecule has 0 fully saturated rings. The van der Waals surface area contributed by atoms with Crippen LogP contribution < -0.4 is 10.7 Å². The van der Waals surface area contributed by atoms with E-state index < -0.39 is 0 Å². The molecular weight excluding hydrogens is 608 g/mol. The van der Waals surface area contributed by atoms with Gasteiger partial charge in [-0.05, 0) is 91.2 Å². The highest BCUT2D eigenvalue weighted by atomic mass is 16.5. The van der Waals surface area contributed by atoms with Crippen LogP contribution in [0.3, 0.4) is 0 Å². The van der Waals surface area contributed by atoms with E-state index in [1.165, 1.54) is 25.0 Å². The third-order valence-corrected chi connectivity index (χ3v) is 8.98. The average Bonchev–Trinajstić information content (AvgIpc) is 3.73. The number of aliphatic imine (C=N–C) groups is 2. The van der Waals surface area contributed by atoms with E-state index in [1.807, 2.05) is 13.0 Å². The number of esters is 2. The Morgan fingerprint density at radius 1 is 0.688 bits per heavy atom. The van der Waals surface area contributed by atoms with Crippen LogP contribution in [0.2, 0.25) is 0 Å². The lowest BCUT2D eigenvalue weighted by atomic mass is 10.0. The van der Waals surface area contributed by atoms with Gasteiger partial charge in [0.05, 0.1) is 31.7 Å². The number of hydrogen-bond acceptors (Lipinski definition) is 7. The van der Waals surface area contributed by atoms with Crippen LogP contribution in [-0.4, -0.2) is 59.7 Å². The van der Waals surface area contributed by atoms with Gasteiger partial charge < -0.3 is 24.2 Å². The number of nitrogens with one attached hydrogen (secondary N) is 2. The van der Waals surface area contributed by atoms with Crippen LogP contribution in [0.15, 0.2) is 38.0 Å². The van der Waals surface area contributed by atoms with Crippen molar-refractivity contribution in [3.05, 3.63) is 72.3 Å². The molecule has 0 unspecified atom stereocenters. The third kappa shape index (κ3) is 7.69. The van der Waals surface area contributed by atoms with Crippen LogP contribution in [0.5, 0.6) is 0 Å². The van der Waals surface area contributed by atoms with E-state index in [2.05, 4.69) is 61.7 Å². The summed E-state index contributed by atoms with van der Waals surface area (Å²) in [6.07, 6.45) is 10.2. The lowest BCUT2D eigenvalue weighted by Crippen LogP contribution is -2.14. The van der Waals surface area contributed by atoms with Crippen molar-refractivity contribution in [1.82, 2.24) is 9.97 Å². The molecule has 2 aromatic heterocycles. The van der Waals surface area contributed by atoms with Crippen LogP contribution >= 0.6 is 0 Å². The number of hydrogen-bond donors (Lipinski definition) is 2. The van der Waals surface area contributed by atoms with Crippen LogP contribution in [0.1, 0.15) is 101 Å². The van der Waals surface area contributed by atoms with Gasteiger partial charge in [-0.15, -0.1) is 0 Å². The predicted molar refractivity (Wildman–Crippen MR) is 189 cm³/mol. The Morgan fingerprint density at radius 2 is 1.31 bits per heavy atom. The number of carbonyl (C=O) groups is 3. The van der Waals surface area contributed by atoms with E-state index in [0.29, 0.717) is 36.4 Å². The fourth-order valence-electron chi connectivity index (χ4n) is 6.58. The SMILES string of the molecule is CCC1=C(CCOC(C)=O)C(=O)N=C1/C=c1/[nH]/c(=C\c2[nH]c(/C=C3\N=C(OC)C(CCOC(C)=O)=C3CC)c(C)c2CC)c(CC)c1C. The van der Waals surface area contributed by atoms with Crippen molar-refractivity contribution < 1.29 is 28.6 Å². The highest BCUT2D eigenvalue weighted by Crippen LogP contribution is 2.33. The maximum Gasteiger partial charge on any atom is 0.302 e. The minimum atomic E-state index is -0.367. The number of aromatic nitrogens is 2. The van der Waals surface area contributed by atoms with Crippen molar-refractivity contribution in [3.8, 4) is 0 Å². The summed E-state index contributed by atoms with van der Waals surface area (Å²) in [6.45, 7) is 15.8. The van der Waals surface area contributed by atoms with Crippen LogP contribution in [-0.2, 0) is 41.4 Å². The van der Waals surface area contributed by atoms with E-state index >= 15 is 0 Å². The topological polar surface area (TPSA) is 135 Å². The smallest absolute Gasteiger partial charge is 0.302 e. The first-order chi connectivity index (χ1) is 23.0. The maximum absolute atomic E-state index is 12.8. The number of rotatable bonds is 13. The largest absolute Gasteiger partial charge is 0.481 e. The van der Waals surface area contributed by atoms with Crippen LogP contribution in [0.25, 0.3) is 18.2 Å². The normalized spacial score (nSPS) is 16.4. The number of amides is 1. The summed E-state index contributed by atoms with van der Waals surface area (Å²) in [5, 5.41) is 1.91. The number of H-pyrrole nitrogens is 2. The molecular formula is C38H48N4O6. The molecule has 1 amide bonds. The number of methoxy groups -OCH3 is 1. The van der Waals surface area contributed by atoms with Crippen LogP contribution in [0.4, 0.5) is 0 Å². The summed E-state index contributed by atoms with van der Waals surface area (Å²) in [7, 11) is 1.61. The summed E-state index contributed by atoms with van der Waals surface area (Å²) in [5.41, 5.74) is 11.7. The van der Waals surface area contributed by atoms with Gasteiger partial charge in [-0.2, -0.15) is 0 Å². The molecule has 2 N–H and O–H groups in total. The molecule has 0 atom stereocenters. The molecule has 0 aliphatic carbocycles. The second kappa shape index (κ2) is 15.9. The molecule has 256 valence electrons. The zero-order chi connectivity index (χ0) is 35.1. The van der Waals surface area contributed by atoms with Gasteiger partial charge in [-0.1, -0.05) is 27.7 Å². The molecule has 0 saturated carbocycles. The number of carbonyl (C=O) groups excluding carboxylic acids is 3. The van der Waals surface area contributed by atoms with Crippen molar-refractivity contribution in [1.29, 1.82) is 0 Å². The standard InChI is InChI=1S/C38H48N4O6/c1-10-25-21(5)31(18-35-27(12-3)29(37(45)41-35)14-16-47-23(7)43)39-33(25)20-34-26(11-2)22(6)32(40-34)19-36-28(13-4)30(38(42-36)46-9)15-17-48-24(8)44/h18-20,39-40H,10-17H2,1-9H3/b31-18+,33-20-,36-19-.